The molecule has 2 aromatic rings. The van der Waals surface area contributed by atoms with Crippen LogP contribution in [0.2, 0.25) is 0 Å². The molecule has 24 heavy (non-hydrogen) atoms. The minimum atomic E-state index is -0.585. The number of unbranched alkanes of at least 4 members (excludes halogenated alkanes) is 1. The number of rotatable bonds is 6. The Morgan fingerprint density at radius 2 is 1.71 bits per heavy atom. The third-order valence-corrected chi connectivity index (χ3v) is 3.64. The van der Waals surface area contributed by atoms with Crippen LogP contribution in [0.25, 0.3) is 11.1 Å². The van der Waals surface area contributed by atoms with Crippen molar-refractivity contribution in [3.8, 4) is 17.2 Å². The molecule has 2 rings (SSSR count). The Morgan fingerprint density at radius 3 is 2.29 bits per heavy atom. The van der Waals surface area contributed by atoms with Crippen molar-refractivity contribution in [1.82, 2.24) is 0 Å². The summed E-state index contributed by atoms with van der Waals surface area (Å²) >= 11 is 0. The van der Waals surface area contributed by atoms with Crippen LogP contribution in [0, 0.1) is 11.3 Å². The van der Waals surface area contributed by atoms with Gasteiger partial charge in [-0.15, -0.1) is 0 Å². The average Bonchev–Trinajstić information content (AvgIpc) is 2.62. The van der Waals surface area contributed by atoms with E-state index in [9.17, 15) is 9.90 Å². The predicted octanol–water partition coefficient (Wildman–Crippen LogP) is 4.82. The molecule has 0 saturated carbocycles. The second-order valence-corrected chi connectivity index (χ2v) is 5.43. The van der Waals surface area contributed by atoms with Gasteiger partial charge in [0.25, 0.3) is 5.91 Å². The van der Waals surface area contributed by atoms with E-state index in [0.717, 1.165) is 24.0 Å². The minimum absolute atomic E-state index is 0.155. The molecular formula is C20H20N2O2. The fraction of sp³-hybridized carbons (Fsp3) is 0.200. The van der Waals surface area contributed by atoms with Gasteiger partial charge in [0.2, 0.25) is 0 Å². The molecule has 0 saturated heterocycles. The lowest BCUT2D eigenvalue weighted by Gasteiger charge is -2.07. The van der Waals surface area contributed by atoms with Crippen LogP contribution in [-0.4, -0.2) is 11.0 Å². The molecule has 0 aliphatic rings. The van der Waals surface area contributed by atoms with Crippen molar-refractivity contribution < 1.29 is 9.90 Å². The quantitative estimate of drug-likeness (QED) is 0.455. The summed E-state index contributed by atoms with van der Waals surface area (Å²) in [5, 5.41) is 21.6. The number of amides is 1. The highest BCUT2D eigenvalue weighted by molar-refractivity contribution is 6.06. The lowest BCUT2D eigenvalue weighted by atomic mass is 10.1. The van der Waals surface area contributed by atoms with Gasteiger partial charge in [-0.25, -0.2) is 0 Å². The molecule has 0 fully saturated rings. The molecular weight excluding hydrogens is 300 g/mol. The number of carbonyl (C=O) groups is 1. The van der Waals surface area contributed by atoms with Gasteiger partial charge >= 0.3 is 0 Å². The van der Waals surface area contributed by atoms with E-state index in [1.165, 1.54) is 0 Å². The van der Waals surface area contributed by atoms with Crippen molar-refractivity contribution in [2.45, 2.75) is 26.2 Å². The van der Waals surface area contributed by atoms with Crippen LogP contribution >= 0.6 is 0 Å². The van der Waals surface area contributed by atoms with Gasteiger partial charge in [0, 0.05) is 12.1 Å². The van der Waals surface area contributed by atoms with Crippen LogP contribution < -0.4 is 5.32 Å². The van der Waals surface area contributed by atoms with Gasteiger partial charge in [-0.1, -0.05) is 55.8 Å². The lowest BCUT2D eigenvalue weighted by Crippen LogP contribution is -2.15. The molecule has 4 nitrogen and oxygen atoms in total. The van der Waals surface area contributed by atoms with Crippen LogP contribution in [0.4, 0.5) is 5.69 Å². The Hall–Kier alpha value is -3.06. The van der Waals surface area contributed by atoms with E-state index in [0.29, 0.717) is 12.1 Å². The van der Waals surface area contributed by atoms with Crippen molar-refractivity contribution in [1.29, 1.82) is 5.26 Å². The molecule has 2 aromatic carbocycles. The first kappa shape index (κ1) is 17.3. The number of aliphatic hydroxyl groups excluding tert-OH is 1. The molecule has 0 heterocycles. The van der Waals surface area contributed by atoms with E-state index >= 15 is 0 Å². The molecule has 0 aliphatic carbocycles. The third kappa shape index (κ3) is 4.47. The largest absolute Gasteiger partial charge is 0.511 e. The number of carbonyl (C=O) groups excluding carboxylic acids is 1. The van der Waals surface area contributed by atoms with E-state index in [4.69, 9.17) is 5.26 Å². The van der Waals surface area contributed by atoms with Gasteiger partial charge in [0.15, 0.2) is 5.57 Å². The van der Waals surface area contributed by atoms with E-state index in [2.05, 4.69) is 5.32 Å². The highest BCUT2D eigenvalue weighted by Gasteiger charge is 2.15. The Labute approximate surface area is 142 Å². The topological polar surface area (TPSA) is 73.1 Å². The van der Waals surface area contributed by atoms with Crippen molar-refractivity contribution in [2.24, 2.45) is 0 Å². The van der Waals surface area contributed by atoms with Crippen LogP contribution in [0.1, 0.15) is 26.2 Å². The van der Waals surface area contributed by atoms with Crippen molar-refractivity contribution in [3.63, 3.8) is 0 Å². The zero-order chi connectivity index (χ0) is 17.4. The Morgan fingerprint density at radius 1 is 1.08 bits per heavy atom. The maximum atomic E-state index is 12.2. The molecule has 2 N–H and O–H groups in total. The zero-order valence-electron chi connectivity index (χ0n) is 13.6. The first-order chi connectivity index (χ1) is 11.7. The van der Waals surface area contributed by atoms with Gasteiger partial charge in [-0.2, -0.15) is 5.26 Å². The third-order valence-electron chi connectivity index (χ3n) is 3.64. The zero-order valence-corrected chi connectivity index (χ0v) is 13.6. The highest BCUT2D eigenvalue weighted by Crippen LogP contribution is 2.21. The maximum absolute atomic E-state index is 12.2. The second-order valence-electron chi connectivity index (χ2n) is 5.43. The predicted molar refractivity (Wildman–Crippen MR) is 95.3 cm³/mol. The number of aliphatic hydroxyl groups is 1. The van der Waals surface area contributed by atoms with Crippen LogP contribution in [0.15, 0.2) is 65.9 Å². The summed E-state index contributed by atoms with van der Waals surface area (Å²) in [4.78, 5) is 12.2. The molecule has 0 spiro atoms. The molecule has 0 radical (unpaired) electrons. The lowest BCUT2D eigenvalue weighted by molar-refractivity contribution is -0.112. The summed E-state index contributed by atoms with van der Waals surface area (Å²) < 4.78 is 0. The molecule has 122 valence electrons. The van der Waals surface area contributed by atoms with Crippen LogP contribution in [0.5, 0.6) is 0 Å². The van der Waals surface area contributed by atoms with Gasteiger partial charge < -0.3 is 10.4 Å². The summed E-state index contributed by atoms with van der Waals surface area (Å²) in [6.45, 7) is 1.98. The van der Waals surface area contributed by atoms with Gasteiger partial charge in [0.05, 0.1) is 0 Å². The fourth-order valence-corrected chi connectivity index (χ4v) is 2.29. The fourth-order valence-electron chi connectivity index (χ4n) is 2.29. The number of anilines is 1. The number of nitriles is 1. The number of hydrogen-bond acceptors (Lipinski definition) is 3. The standard InChI is InChI=1S/C20H20N2O2/c1-2-3-9-19(23)18(14-21)20(24)22-17-12-10-16(11-13-17)15-7-5-4-6-8-15/h4-8,10-13,23H,2-3,9H2,1H3,(H,22,24)/b19-18-. The van der Waals surface area contributed by atoms with Gasteiger partial charge in [-0.3, -0.25) is 4.79 Å². The molecule has 0 atom stereocenters. The Bertz CT molecular complexity index is 756. The van der Waals surface area contributed by atoms with E-state index in [-0.39, 0.29) is 11.3 Å². The van der Waals surface area contributed by atoms with E-state index in [1.54, 1.807) is 18.2 Å². The summed E-state index contributed by atoms with van der Waals surface area (Å²) in [6.07, 6.45) is 1.95. The van der Waals surface area contributed by atoms with Crippen LogP contribution in [0.3, 0.4) is 0 Å². The SMILES string of the molecule is CCCC/C(O)=C(\C#N)C(=O)Nc1ccc(-c2ccccc2)cc1. The number of nitrogens with zero attached hydrogens (tertiary/aromatic N) is 1. The van der Waals surface area contributed by atoms with Crippen LogP contribution in [-0.2, 0) is 4.79 Å². The first-order valence-corrected chi connectivity index (χ1v) is 7.94. The first-order valence-electron chi connectivity index (χ1n) is 7.94. The summed E-state index contributed by atoms with van der Waals surface area (Å²) in [5.74, 6) is -0.740. The van der Waals surface area contributed by atoms with E-state index in [1.807, 2.05) is 49.4 Å². The highest BCUT2D eigenvalue weighted by atomic mass is 16.3. The Balaban J connectivity index is 2.10. The van der Waals surface area contributed by atoms with Crippen molar-refractivity contribution in [2.75, 3.05) is 5.32 Å². The second kappa shape index (κ2) is 8.54. The van der Waals surface area contributed by atoms with Crippen molar-refractivity contribution in [3.05, 3.63) is 65.9 Å². The summed E-state index contributed by atoms with van der Waals surface area (Å²) in [6, 6.07) is 19.0. The normalized spacial score (nSPS) is 11.3. The van der Waals surface area contributed by atoms with Gasteiger partial charge in [0.1, 0.15) is 11.8 Å². The molecule has 4 heteroatoms. The van der Waals surface area contributed by atoms with Crippen molar-refractivity contribution >= 4 is 11.6 Å². The minimum Gasteiger partial charge on any atom is -0.511 e. The number of benzene rings is 2. The summed E-state index contributed by atoms with van der Waals surface area (Å²) in [5.41, 5.74) is 2.48. The molecule has 0 bridgehead atoms. The summed E-state index contributed by atoms with van der Waals surface area (Å²) in [7, 11) is 0. The Kier molecular flexibility index (Phi) is 6.16. The number of hydrogen-bond donors (Lipinski definition) is 2. The molecule has 0 unspecified atom stereocenters. The molecule has 0 aromatic heterocycles. The number of nitrogens with one attached hydrogen (secondary N) is 1. The smallest absolute Gasteiger partial charge is 0.269 e. The maximum Gasteiger partial charge on any atom is 0.269 e. The molecule has 0 aliphatic heterocycles. The van der Waals surface area contributed by atoms with Gasteiger partial charge in [-0.05, 0) is 29.7 Å². The number of allylic oxidation sites excluding steroid dienone is 1. The molecule has 1 amide bonds. The monoisotopic (exact) mass is 320 g/mol. The van der Waals surface area contributed by atoms with E-state index < -0.39 is 5.91 Å². The average molecular weight is 320 g/mol.